The Labute approximate surface area is 171 Å². The molecule has 3 heteroatoms. The fourth-order valence-corrected chi connectivity index (χ4v) is 4.34. The van der Waals surface area contributed by atoms with Crippen molar-refractivity contribution in [2.75, 3.05) is 6.61 Å². The molecule has 2 aromatic rings. The molecule has 146 valence electrons. The molecule has 0 saturated carbocycles. The van der Waals surface area contributed by atoms with Crippen LogP contribution in [0.2, 0.25) is 0 Å². The van der Waals surface area contributed by atoms with Crippen molar-refractivity contribution in [1.82, 2.24) is 0 Å². The molecule has 0 amide bonds. The molecule has 0 spiro atoms. The summed E-state index contributed by atoms with van der Waals surface area (Å²) in [5.74, 6) is 1.48. The lowest BCUT2D eigenvalue weighted by Gasteiger charge is -2.19. The van der Waals surface area contributed by atoms with Crippen LogP contribution in [-0.4, -0.2) is 18.4 Å². The number of hydrogen-bond acceptors (Lipinski definition) is 2. The van der Waals surface area contributed by atoms with Crippen LogP contribution in [-0.2, 0) is 0 Å². The molecule has 28 heavy (non-hydrogen) atoms. The molecule has 0 heterocycles. The van der Waals surface area contributed by atoms with Gasteiger partial charge in [-0.3, -0.25) is 4.99 Å². The number of nitrogens with zero attached hydrogens (tertiary/aromatic N) is 1. The molecule has 1 aliphatic carbocycles. The Kier molecular flexibility index (Phi) is 6.86. The van der Waals surface area contributed by atoms with E-state index in [4.69, 9.17) is 9.73 Å². The lowest BCUT2D eigenvalue weighted by Crippen LogP contribution is -2.17. The van der Waals surface area contributed by atoms with E-state index >= 15 is 0 Å². The van der Waals surface area contributed by atoms with Crippen LogP contribution in [0.4, 0.5) is 0 Å². The molecule has 0 aromatic heterocycles. The molecular formula is C25H30NOP. The number of allylic oxidation sites excluding steroid dienone is 3. The summed E-state index contributed by atoms with van der Waals surface area (Å²) in [4.78, 5) is 4.70. The first-order valence-corrected chi connectivity index (χ1v) is 10.9. The third-order valence-electron chi connectivity index (χ3n) is 4.54. The van der Waals surface area contributed by atoms with Gasteiger partial charge in [-0.05, 0) is 45.0 Å². The molecule has 2 aromatic carbocycles. The monoisotopic (exact) mass is 391 g/mol. The fraction of sp³-hybridized carbons (Fsp3) is 0.320. The van der Waals surface area contributed by atoms with Crippen LogP contribution in [0.15, 0.2) is 71.8 Å². The van der Waals surface area contributed by atoms with E-state index in [9.17, 15) is 0 Å². The lowest BCUT2D eigenvalue weighted by molar-refractivity contribution is 0.276. The average Bonchev–Trinajstić information content (AvgIpc) is 2.67. The van der Waals surface area contributed by atoms with Crippen LogP contribution in [0.5, 0.6) is 5.75 Å². The highest BCUT2D eigenvalue weighted by Crippen LogP contribution is 2.25. The van der Waals surface area contributed by atoms with Gasteiger partial charge >= 0.3 is 0 Å². The molecule has 3 rings (SSSR count). The van der Waals surface area contributed by atoms with Crippen LogP contribution < -0.4 is 15.3 Å². The SMILES string of the molecule is Cc1cccc(Pc2ccccc2/C=N/C(C)(C)C)c1OCC1C=CC=CC1. The van der Waals surface area contributed by atoms with Crippen LogP contribution in [0.25, 0.3) is 0 Å². The zero-order valence-electron chi connectivity index (χ0n) is 17.3. The van der Waals surface area contributed by atoms with Crippen LogP contribution in [0.1, 0.15) is 38.3 Å². The van der Waals surface area contributed by atoms with Crippen molar-refractivity contribution in [3.63, 3.8) is 0 Å². The van der Waals surface area contributed by atoms with Crippen molar-refractivity contribution < 1.29 is 4.74 Å². The molecule has 0 aliphatic heterocycles. The summed E-state index contributed by atoms with van der Waals surface area (Å²) in [5, 5.41) is 2.55. The summed E-state index contributed by atoms with van der Waals surface area (Å²) < 4.78 is 6.32. The lowest BCUT2D eigenvalue weighted by atomic mass is 10.0. The summed E-state index contributed by atoms with van der Waals surface area (Å²) in [7, 11) is 0.535. The summed E-state index contributed by atoms with van der Waals surface area (Å²) in [6, 6.07) is 15.0. The molecule has 0 N–H and O–H groups in total. The van der Waals surface area contributed by atoms with Crippen molar-refractivity contribution in [3.05, 3.63) is 77.9 Å². The Morgan fingerprint density at radius 3 is 2.61 bits per heavy atom. The summed E-state index contributed by atoms with van der Waals surface area (Å²) in [5.41, 5.74) is 2.31. The van der Waals surface area contributed by atoms with Crippen molar-refractivity contribution in [1.29, 1.82) is 0 Å². The smallest absolute Gasteiger partial charge is 0.129 e. The van der Waals surface area contributed by atoms with Gasteiger partial charge in [0.15, 0.2) is 0 Å². The third kappa shape index (κ3) is 5.91. The minimum absolute atomic E-state index is 0.0736. The first kappa shape index (κ1) is 20.6. The molecule has 2 atom stereocenters. The van der Waals surface area contributed by atoms with Gasteiger partial charge in [-0.2, -0.15) is 0 Å². The van der Waals surface area contributed by atoms with Gasteiger partial charge in [0.25, 0.3) is 0 Å². The average molecular weight is 391 g/mol. The van der Waals surface area contributed by atoms with Gasteiger partial charge in [0.2, 0.25) is 0 Å². The van der Waals surface area contributed by atoms with Gasteiger partial charge in [-0.1, -0.05) is 75.3 Å². The van der Waals surface area contributed by atoms with E-state index in [-0.39, 0.29) is 5.54 Å². The summed E-state index contributed by atoms with van der Waals surface area (Å²) >= 11 is 0. The third-order valence-corrected chi connectivity index (χ3v) is 5.93. The predicted molar refractivity (Wildman–Crippen MR) is 124 cm³/mol. The molecule has 1 aliphatic rings. The molecule has 2 unspecified atom stereocenters. The Balaban J connectivity index is 1.81. The number of hydrogen-bond donors (Lipinski definition) is 0. The van der Waals surface area contributed by atoms with Gasteiger partial charge in [0, 0.05) is 23.0 Å². The number of aryl methyl sites for hydroxylation is 1. The Morgan fingerprint density at radius 1 is 1.07 bits per heavy atom. The topological polar surface area (TPSA) is 21.6 Å². The van der Waals surface area contributed by atoms with Gasteiger partial charge < -0.3 is 4.74 Å². The number of ether oxygens (including phenoxy) is 1. The van der Waals surface area contributed by atoms with Crippen molar-refractivity contribution in [2.24, 2.45) is 10.9 Å². The van der Waals surface area contributed by atoms with Gasteiger partial charge in [0.1, 0.15) is 5.75 Å². The Morgan fingerprint density at radius 2 is 1.86 bits per heavy atom. The Hall–Kier alpha value is -2.18. The maximum absolute atomic E-state index is 6.32. The maximum Gasteiger partial charge on any atom is 0.129 e. The standard InChI is InChI=1S/C25H30NOP/c1-19-11-10-16-23(24(19)27-18-20-12-6-5-7-13-20)28-22-15-9-8-14-21(22)17-26-25(2,3)4/h5-12,14-17,20,28H,13,18H2,1-4H3/b26-17+. The first-order valence-electron chi connectivity index (χ1n) is 9.89. The van der Waals surface area contributed by atoms with Crippen LogP contribution in [0.3, 0.4) is 0 Å². The molecule has 0 bridgehead atoms. The van der Waals surface area contributed by atoms with E-state index in [1.807, 2.05) is 6.21 Å². The van der Waals surface area contributed by atoms with Crippen molar-refractivity contribution in [3.8, 4) is 5.75 Å². The number of rotatable bonds is 6. The minimum atomic E-state index is -0.0736. The van der Waals surface area contributed by atoms with Crippen LogP contribution >= 0.6 is 8.58 Å². The number of para-hydroxylation sites is 1. The van der Waals surface area contributed by atoms with E-state index in [2.05, 4.69) is 94.5 Å². The fourth-order valence-electron chi connectivity index (χ4n) is 3.02. The largest absolute Gasteiger partial charge is 0.492 e. The summed E-state index contributed by atoms with van der Waals surface area (Å²) in [6.07, 6.45) is 11.7. The predicted octanol–water partition coefficient (Wildman–Crippen LogP) is 5.35. The van der Waals surface area contributed by atoms with E-state index in [1.165, 1.54) is 21.7 Å². The molecular weight excluding hydrogens is 361 g/mol. The van der Waals surface area contributed by atoms with Gasteiger partial charge in [-0.15, -0.1) is 0 Å². The first-order chi connectivity index (χ1) is 13.4. The van der Waals surface area contributed by atoms with E-state index in [1.54, 1.807) is 0 Å². The molecule has 0 fully saturated rings. The molecule has 0 saturated heterocycles. The van der Waals surface area contributed by atoms with E-state index in [0.29, 0.717) is 14.5 Å². The van der Waals surface area contributed by atoms with E-state index in [0.717, 1.165) is 18.8 Å². The second-order valence-corrected chi connectivity index (χ2v) is 9.54. The zero-order valence-corrected chi connectivity index (χ0v) is 18.3. The quantitative estimate of drug-likeness (QED) is 0.480. The highest BCUT2D eigenvalue weighted by atomic mass is 31.1. The second kappa shape index (κ2) is 9.34. The maximum atomic E-state index is 6.32. The van der Waals surface area contributed by atoms with Gasteiger partial charge in [-0.25, -0.2) is 0 Å². The number of aliphatic imine (C=N–C) groups is 1. The molecule has 0 radical (unpaired) electrons. The van der Waals surface area contributed by atoms with Gasteiger partial charge in [0.05, 0.1) is 12.1 Å². The highest BCUT2D eigenvalue weighted by molar-refractivity contribution is 7.56. The van der Waals surface area contributed by atoms with Crippen molar-refractivity contribution in [2.45, 2.75) is 39.7 Å². The van der Waals surface area contributed by atoms with E-state index < -0.39 is 0 Å². The summed E-state index contributed by atoms with van der Waals surface area (Å²) in [6.45, 7) is 9.21. The highest BCUT2D eigenvalue weighted by Gasteiger charge is 2.13. The number of benzene rings is 2. The molecule has 2 nitrogen and oxygen atoms in total. The minimum Gasteiger partial charge on any atom is -0.492 e. The normalized spacial score (nSPS) is 17.1. The Bertz CT molecular complexity index is 890. The zero-order chi connectivity index (χ0) is 20.0. The van der Waals surface area contributed by atoms with Crippen molar-refractivity contribution >= 4 is 25.4 Å². The second-order valence-electron chi connectivity index (χ2n) is 8.21. The van der Waals surface area contributed by atoms with Crippen LogP contribution in [0, 0.1) is 12.8 Å².